The van der Waals surface area contributed by atoms with Crippen LogP contribution in [0.15, 0.2) is 84.9 Å². The monoisotopic (exact) mass is 448 g/mol. The zero-order chi connectivity index (χ0) is 22.9. The molecule has 0 saturated carbocycles. The topological polar surface area (TPSA) is 49.4 Å². The number of hydrogen-bond acceptors (Lipinski definition) is 2. The summed E-state index contributed by atoms with van der Waals surface area (Å²) in [5.74, 6) is -0.459. The summed E-state index contributed by atoms with van der Waals surface area (Å²) in [5.41, 5.74) is 2.95. The molecule has 0 fully saturated rings. The van der Waals surface area contributed by atoms with Crippen LogP contribution >= 0.6 is 11.6 Å². The molecular weight excluding hydrogens is 420 g/mol. The van der Waals surface area contributed by atoms with E-state index in [-0.39, 0.29) is 17.7 Å². The van der Waals surface area contributed by atoms with Crippen molar-refractivity contribution in [2.75, 3.05) is 0 Å². The number of amides is 2. The molecule has 1 N–H and O–H groups in total. The number of carbonyl (C=O) groups is 2. The maximum Gasteiger partial charge on any atom is 0.243 e. The van der Waals surface area contributed by atoms with Gasteiger partial charge in [-0.25, -0.2) is 0 Å². The van der Waals surface area contributed by atoms with Crippen LogP contribution in [0.1, 0.15) is 30.5 Å². The van der Waals surface area contributed by atoms with Gasteiger partial charge in [0, 0.05) is 30.5 Å². The summed E-state index contributed by atoms with van der Waals surface area (Å²) in [7, 11) is 0. The molecule has 166 valence electrons. The number of nitrogens with zero attached hydrogens (tertiary/aromatic N) is 1. The van der Waals surface area contributed by atoms with Crippen LogP contribution in [0.2, 0.25) is 5.02 Å². The molecule has 4 nitrogen and oxygen atoms in total. The van der Waals surface area contributed by atoms with Crippen LogP contribution in [-0.4, -0.2) is 22.8 Å². The summed E-state index contributed by atoms with van der Waals surface area (Å²) in [5, 5.41) is 3.67. The average molecular weight is 449 g/mol. The molecule has 0 spiro atoms. The Morgan fingerprint density at radius 3 is 1.94 bits per heavy atom. The fourth-order valence-corrected chi connectivity index (χ4v) is 3.67. The van der Waals surface area contributed by atoms with E-state index < -0.39 is 6.04 Å². The Morgan fingerprint density at radius 2 is 1.38 bits per heavy atom. The van der Waals surface area contributed by atoms with Gasteiger partial charge in [0.2, 0.25) is 11.8 Å². The van der Waals surface area contributed by atoms with Crippen molar-refractivity contribution < 1.29 is 9.59 Å². The molecule has 0 aliphatic rings. The quantitative estimate of drug-likeness (QED) is 0.486. The Balaban J connectivity index is 1.89. The SMILES string of the molecule is CC(C)C(=O)N(Cc1ccc(Cl)cc1)[C@@H](Cc1ccccc1)C(=O)NCc1ccccc1. The van der Waals surface area contributed by atoms with E-state index in [0.717, 1.165) is 16.7 Å². The number of hydrogen-bond donors (Lipinski definition) is 1. The highest BCUT2D eigenvalue weighted by atomic mass is 35.5. The number of rotatable bonds is 9. The lowest BCUT2D eigenvalue weighted by Crippen LogP contribution is -2.51. The third-order valence-electron chi connectivity index (χ3n) is 5.30. The van der Waals surface area contributed by atoms with Crippen LogP contribution < -0.4 is 5.32 Å². The molecule has 0 saturated heterocycles. The Labute approximate surface area is 195 Å². The molecule has 1 atom stereocenters. The molecule has 0 unspecified atom stereocenters. The van der Waals surface area contributed by atoms with Gasteiger partial charge in [0.15, 0.2) is 0 Å². The summed E-state index contributed by atoms with van der Waals surface area (Å²) in [6.07, 6.45) is 0.438. The van der Waals surface area contributed by atoms with Gasteiger partial charge in [-0.05, 0) is 28.8 Å². The van der Waals surface area contributed by atoms with Crippen molar-refractivity contribution in [3.8, 4) is 0 Å². The highest BCUT2D eigenvalue weighted by Crippen LogP contribution is 2.19. The van der Waals surface area contributed by atoms with E-state index in [2.05, 4.69) is 5.32 Å². The third-order valence-corrected chi connectivity index (χ3v) is 5.56. The average Bonchev–Trinajstić information content (AvgIpc) is 2.81. The lowest BCUT2D eigenvalue weighted by atomic mass is 10.0. The first-order valence-electron chi connectivity index (χ1n) is 10.8. The van der Waals surface area contributed by atoms with Gasteiger partial charge in [-0.3, -0.25) is 9.59 Å². The lowest BCUT2D eigenvalue weighted by Gasteiger charge is -2.33. The van der Waals surface area contributed by atoms with Crippen LogP contribution in [0.5, 0.6) is 0 Å². The predicted octanol–water partition coefficient (Wildman–Crippen LogP) is 5.25. The van der Waals surface area contributed by atoms with E-state index >= 15 is 0 Å². The van der Waals surface area contributed by atoms with E-state index in [4.69, 9.17) is 11.6 Å². The molecule has 0 bridgehead atoms. The highest BCUT2D eigenvalue weighted by molar-refractivity contribution is 6.30. The van der Waals surface area contributed by atoms with Crippen LogP contribution in [0.25, 0.3) is 0 Å². The second-order valence-corrected chi connectivity index (χ2v) is 8.59. The van der Waals surface area contributed by atoms with Crippen LogP contribution in [0.3, 0.4) is 0 Å². The molecule has 3 rings (SSSR count). The normalized spacial score (nSPS) is 11.8. The van der Waals surface area contributed by atoms with Crippen molar-refractivity contribution in [3.05, 3.63) is 107 Å². The molecule has 3 aromatic rings. The lowest BCUT2D eigenvalue weighted by molar-refractivity contribution is -0.143. The predicted molar refractivity (Wildman–Crippen MR) is 129 cm³/mol. The van der Waals surface area contributed by atoms with Gasteiger partial charge in [-0.1, -0.05) is 98.2 Å². The van der Waals surface area contributed by atoms with Gasteiger partial charge >= 0.3 is 0 Å². The van der Waals surface area contributed by atoms with Crippen LogP contribution in [-0.2, 0) is 29.1 Å². The van der Waals surface area contributed by atoms with Gasteiger partial charge in [0.05, 0.1) is 0 Å². The van der Waals surface area contributed by atoms with Gasteiger partial charge < -0.3 is 10.2 Å². The molecule has 0 radical (unpaired) electrons. The molecule has 0 aromatic heterocycles. The number of nitrogens with one attached hydrogen (secondary N) is 1. The van der Waals surface area contributed by atoms with Crippen molar-refractivity contribution in [2.24, 2.45) is 5.92 Å². The first-order chi connectivity index (χ1) is 15.4. The van der Waals surface area contributed by atoms with Crippen LogP contribution in [0, 0.1) is 5.92 Å². The number of halogens is 1. The van der Waals surface area contributed by atoms with Gasteiger partial charge in [0.25, 0.3) is 0 Å². The second-order valence-electron chi connectivity index (χ2n) is 8.16. The summed E-state index contributed by atoms with van der Waals surface area (Å²) in [6, 6.07) is 26.3. The highest BCUT2D eigenvalue weighted by Gasteiger charge is 2.31. The molecular formula is C27H29ClN2O2. The second kappa shape index (κ2) is 11.5. The number of benzene rings is 3. The Hall–Kier alpha value is -3.11. The van der Waals surface area contributed by atoms with E-state index in [0.29, 0.717) is 24.5 Å². The minimum absolute atomic E-state index is 0.0595. The molecule has 0 aliphatic carbocycles. The van der Waals surface area contributed by atoms with E-state index in [1.165, 1.54) is 0 Å². The molecule has 0 aliphatic heterocycles. The third kappa shape index (κ3) is 6.69. The van der Waals surface area contributed by atoms with Gasteiger partial charge in [-0.2, -0.15) is 0 Å². The van der Waals surface area contributed by atoms with Crippen molar-refractivity contribution in [3.63, 3.8) is 0 Å². The molecule has 0 heterocycles. The van der Waals surface area contributed by atoms with Crippen molar-refractivity contribution in [1.29, 1.82) is 0 Å². The summed E-state index contributed by atoms with van der Waals surface area (Å²) in [4.78, 5) is 28.3. The number of carbonyl (C=O) groups excluding carboxylic acids is 2. The zero-order valence-corrected chi connectivity index (χ0v) is 19.3. The standard InChI is InChI=1S/C27H29ClN2O2/c1-20(2)27(32)30(19-23-13-15-24(28)16-14-23)25(17-21-9-5-3-6-10-21)26(31)29-18-22-11-7-4-8-12-22/h3-16,20,25H,17-19H2,1-2H3,(H,29,31)/t25-/m0/s1. The summed E-state index contributed by atoms with van der Waals surface area (Å²) in [6.45, 7) is 4.47. The Morgan fingerprint density at radius 1 is 0.812 bits per heavy atom. The smallest absolute Gasteiger partial charge is 0.243 e. The maximum absolute atomic E-state index is 13.4. The van der Waals surface area contributed by atoms with Crippen molar-refractivity contribution >= 4 is 23.4 Å². The van der Waals surface area contributed by atoms with Crippen LogP contribution in [0.4, 0.5) is 0 Å². The first-order valence-corrected chi connectivity index (χ1v) is 11.2. The summed E-state index contributed by atoms with van der Waals surface area (Å²) >= 11 is 6.04. The van der Waals surface area contributed by atoms with Crippen molar-refractivity contribution in [1.82, 2.24) is 10.2 Å². The minimum Gasteiger partial charge on any atom is -0.350 e. The Kier molecular flexibility index (Phi) is 8.46. The maximum atomic E-state index is 13.4. The molecule has 3 aromatic carbocycles. The van der Waals surface area contributed by atoms with E-state index in [1.54, 1.807) is 17.0 Å². The molecule has 5 heteroatoms. The fourth-order valence-electron chi connectivity index (χ4n) is 3.54. The van der Waals surface area contributed by atoms with Gasteiger partial charge in [-0.15, -0.1) is 0 Å². The van der Waals surface area contributed by atoms with E-state index in [1.807, 2.05) is 86.6 Å². The fraction of sp³-hybridized carbons (Fsp3) is 0.259. The molecule has 32 heavy (non-hydrogen) atoms. The largest absolute Gasteiger partial charge is 0.350 e. The first kappa shape index (κ1) is 23.6. The molecule has 2 amide bonds. The zero-order valence-electron chi connectivity index (χ0n) is 18.5. The minimum atomic E-state index is -0.633. The van der Waals surface area contributed by atoms with Crippen molar-refractivity contribution in [2.45, 2.75) is 39.4 Å². The Bertz CT molecular complexity index is 1000. The van der Waals surface area contributed by atoms with E-state index in [9.17, 15) is 9.59 Å². The summed E-state index contributed by atoms with van der Waals surface area (Å²) < 4.78 is 0. The van der Waals surface area contributed by atoms with Gasteiger partial charge in [0.1, 0.15) is 6.04 Å².